The zero-order valence-electron chi connectivity index (χ0n) is 12.8. The molecule has 1 aliphatic carbocycles. The van der Waals surface area contributed by atoms with Crippen molar-refractivity contribution in [2.45, 2.75) is 39.2 Å². The molecule has 0 radical (unpaired) electrons. The number of Topliss-reactive ketones (excluding diaryl/α,β-unsaturated/α-hetero) is 1. The fourth-order valence-electron chi connectivity index (χ4n) is 3.37. The van der Waals surface area contributed by atoms with Crippen LogP contribution in [0.2, 0.25) is 0 Å². The first-order valence-electron chi connectivity index (χ1n) is 8.08. The van der Waals surface area contributed by atoms with Gasteiger partial charge in [0.2, 0.25) is 0 Å². The second-order valence-electron chi connectivity index (χ2n) is 6.10. The fraction of sp³-hybridized carbons (Fsp3) is 0.500. The van der Waals surface area contributed by atoms with Crippen molar-refractivity contribution in [1.29, 1.82) is 0 Å². The Morgan fingerprint density at radius 1 is 1.29 bits per heavy atom. The summed E-state index contributed by atoms with van der Waals surface area (Å²) in [5.74, 6) is 0.725. The minimum absolute atomic E-state index is 0.254. The lowest BCUT2D eigenvalue weighted by Gasteiger charge is -2.27. The standard InChI is InChI=1S/C18H24N2O/c1-2-20(12-14-7-3-6-10-18(14)21)13-15-11-19-17-9-5-4-8-16(15)17/h4-5,8-9,11,14,19H,2-3,6-7,10,12-13H2,1H3. The summed E-state index contributed by atoms with van der Waals surface area (Å²) >= 11 is 0. The van der Waals surface area contributed by atoms with Crippen LogP contribution < -0.4 is 0 Å². The molecule has 1 aromatic carbocycles. The molecule has 0 aliphatic heterocycles. The molecule has 3 rings (SSSR count). The lowest BCUT2D eigenvalue weighted by atomic mass is 9.87. The number of nitrogens with zero attached hydrogens (tertiary/aromatic N) is 1. The second kappa shape index (κ2) is 6.44. The Morgan fingerprint density at radius 2 is 2.14 bits per heavy atom. The normalized spacial score (nSPS) is 19.5. The number of aromatic nitrogens is 1. The highest BCUT2D eigenvalue weighted by Gasteiger charge is 2.24. The van der Waals surface area contributed by atoms with Gasteiger partial charge in [0.05, 0.1) is 0 Å². The van der Waals surface area contributed by atoms with Crippen molar-refractivity contribution in [1.82, 2.24) is 9.88 Å². The molecule has 1 heterocycles. The van der Waals surface area contributed by atoms with Gasteiger partial charge in [-0.25, -0.2) is 0 Å². The van der Waals surface area contributed by atoms with Gasteiger partial charge in [0.25, 0.3) is 0 Å². The highest BCUT2D eigenvalue weighted by atomic mass is 16.1. The molecule has 1 fully saturated rings. The maximum absolute atomic E-state index is 12.0. The molecular formula is C18H24N2O. The first-order valence-corrected chi connectivity index (χ1v) is 8.08. The van der Waals surface area contributed by atoms with E-state index in [1.807, 2.05) is 0 Å². The van der Waals surface area contributed by atoms with Gasteiger partial charge in [0.1, 0.15) is 5.78 Å². The Kier molecular flexibility index (Phi) is 4.39. The van der Waals surface area contributed by atoms with E-state index in [4.69, 9.17) is 0 Å². The van der Waals surface area contributed by atoms with Crippen LogP contribution in [0.25, 0.3) is 10.9 Å². The van der Waals surface area contributed by atoms with E-state index in [1.54, 1.807) is 0 Å². The SMILES string of the molecule is CCN(Cc1c[nH]c2ccccc12)CC1CCCCC1=O. The predicted octanol–water partition coefficient (Wildman–Crippen LogP) is 3.75. The van der Waals surface area contributed by atoms with Crippen LogP contribution in [0.5, 0.6) is 0 Å². The molecule has 3 nitrogen and oxygen atoms in total. The highest BCUT2D eigenvalue weighted by molar-refractivity contribution is 5.83. The molecule has 3 heteroatoms. The Morgan fingerprint density at radius 3 is 2.95 bits per heavy atom. The third-order valence-electron chi connectivity index (χ3n) is 4.68. The van der Waals surface area contributed by atoms with Gasteiger partial charge < -0.3 is 4.98 Å². The number of ketones is 1. The summed E-state index contributed by atoms with van der Waals surface area (Å²) in [4.78, 5) is 17.8. The van der Waals surface area contributed by atoms with Crippen molar-refractivity contribution in [2.24, 2.45) is 5.92 Å². The summed E-state index contributed by atoms with van der Waals surface area (Å²) in [5.41, 5.74) is 2.52. The van der Waals surface area contributed by atoms with E-state index in [1.165, 1.54) is 22.9 Å². The average Bonchev–Trinajstić information content (AvgIpc) is 2.92. The van der Waals surface area contributed by atoms with Crippen LogP contribution in [-0.2, 0) is 11.3 Å². The van der Waals surface area contributed by atoms with E-state index < -0.39 is 0 Å². The molecule has 0 spiro atoms. The van der Waals surface area contributed by atoms with Crippen molar-refractivity contribution in [3.63, 3.8) is 0 Å². The van der Waals surface area contributed by atoms with Crippen molar-refractivity contribution in [2.75, 3.05) is 13.1 Å². The lowest BCUT2D eigenvalue weighted by molar-refractivity contribution is -0.125. The molecular weight excluding hydrogens is 260 g/mol. The molecule has 1 N–H and O–H groups in total. The van der Waals surface area contributed by atoms with Crippen LogP contribution in [0.15, 0.2) is 30.5 Å². The molecule has 21 heavy (non-hydrogen) atoms. The minimum Gasteiger partial charge on any atom is -0.361 e. The van der Waals surface area contributed by atoms with Crippen molar-refractivity contribution < 1.29 is 4.79 Å². The second-order valence-corrected chi connectivity index (χ2v) is 6.10. The van der Waals surface area contributed by atoms with E-state index in [0.717, 1.165) is 38.9 Å². The number of H-pyrrole nitrogens is 1. The molecule has 112 valence electrons. The predicted molar refractivity (Wildman–Crippen MR) is 86.2 cm³/mol. The van der Waals surface area contributed by atoms with Gasteiger partial charge in [-0.3, -0.25) is 9.69 Å². The van der Waals surface area contributed by atoms with Gasteiger partial charge in [0.15, 0.2) is 0 Å². The summed E-state index contributed by atoms with van der Waals surface area (Å²) in [6.45, 7) is 5.00. The number of nitrogens with one attached hydrogen (secondary N) is 1. The lowest BCUT2D eigenvalue weighted by Crippen LogP contribution is -2.34. The smallest absolute Gasteiger partial charge is 0.137 e. The Hall–Kier alpha value is -1.61. The first kappa shape index (κ1) is 14.3. The van der Waals surface area contributed by atoms with E-state index in [0.29, 0.717) is 5.78 Å². The van der Waals surface area contributed by atoms with Gasteiger partial charge in [-0.15, -0.1) is 0 Å². The Labute approximate surface area is 126 Å². The number of fused-ring (bicyclic) bond motifs is 1. The molecule has 0 saturated heterocycles. The maximum Gasteiger partial charge on any atom is 0.137 e. The van der Waals surface area contributed by atoms with Crippen LogP contribution in [0.1, 0.15) is 38.2 Å². The van der Waals surface area contributed by atoms with E-state index in [-0.39, 0.29) is 5.92 Å². The van der Waals surface area contributed by atoms with Crippen LogP contribution in [-0.4, -0.2) is 28.8 Å². The van der Waals surface area contributed by atoms with E-state index in [9.17, 15) is 4.79 Å². The summed E-state index contributed by atoms with van der Waals surface area (Å²) in [6.07, 6.45) is 6.26. The van der Waals surface area contributed by atoms with Crippen molar-refractivity contribution in [3.05, 3.63) is 36.0 Å². The van der Waals surface area contributed by atoms with Gasteiger partial charge in [-0.05, 0) is 31.0 Å². The summed E-state index contributed by atoms with van der Waals surface area (Å²) < 4.78 is 0. The third kappa shape index (κ3) is 3.18. The summed E-state index contributed by atoms with van der Waals surface area (Å²) in [6, 6.07) is 8.42. The Bertz CT molecular complexity index is 616. The number of benzene rings is 1. The molecule has 2 aromatic rings. The number of para-hydroxylation sites is 1. The minimum atomic E-state index is 0.254. The number of carbonyl (C=O) groups excluding carboxylic acids is 1. The van der Waals surface area contributed by atoms with E-state index >= 15 is 0 Å². The molecule has 1 saturated carbocycles. The number of carbonyl (C=O) groups is 1. The van der Waals surface area contributed by atoms with Gasteiger partial charge in [0, 0.05) is 42.5 Å². The maximum atomic E-state index is 12.0. The zero-order chi connectivity index (χ0) is 14.7. The molecule has 1 aromatic heterocycles. The average molecular weight is 284 g/mol. The van der Waals surface area contributed by atoms with Crippen molar-refractivity contribution in [3.8, 4) is 0 Å². The first-order chi connectivity index (χ1) is 10.3. The number of rotatable bonds is 5. The topological polar surface area (TPSA) is 36.1 Å². The van der Waals surface area contributed by atoms with Crippen LogP contribution in [0, 0.1) is 5.92 Å². The number of hydrogen-bond acceptors (Lipinski definition) is 2. The fourth-order valence-corrected chi connectivity index (χ4v) is 3.37. The number of hydrogen-bond donors (Lipinski definition) is 1. The monoisotopic (exact) mass is 284 g/mol. The van der Waals surface area contributed by atoms with Crippen molar-refractivity contribution >= 4 is 16.7 Å². The largest absolute Gasteiger partial charge is 0.361 e. The molecule has 0 amide bonds. The molecule has 1 unspecified atom stereocenters. The summed E-state index contributed by atoms with van der Waals surface area (Å²) in [7, 11) is 0. The quantitative estimate of drug-likeness (QED) is 0.907. The molecule has 1 atom stereocenters. The van der Waals surface area contributed by atoms with Gasteiger partial charge in [-0.1, -0.05) is 31.5 Å². The molecule has 0 bridgehead atoms. The summed E-state index contributed by atoms with van der Waals surface area (Å²) in [5, 5.41) is 1.30. The van der Waals surface area contributed by atoms with Gasteiger partial charge >= 0.3 is 0 Å². The zero-order valence-corrected chi connectivity index (χ0v) is 12.8. The highest BCUT2D eigenvalue weighted by Crippen LogP contribution is 2.24. The van der Waals surface area contributed by atoms with Crippen LogP contribution in [0.4, 0.5) is 0 Å². The van der Waals surface area contributed by atoms with Crippen LogP contribution >= 0.6 is 0 Å². The molecule has 1 aliphatic rings. The van der Waals surface area contributed by atoms with Gasteiger partial charge in [-0.2, -0.15) is 0 Å². The van der Waals surface area contributed by atoms with Crippen LogP contribution in [0.3, 0.4) is 0 Å². The Balaban J connectivity index is 1.70. The third-order valence-corrected chi connectivity index (χ3v) is 4.68. The number of aromatic amines is 1. The van der Waals surface area contributed by atoms with E-state index in [2.05, 4.69) is 47.3 Å².